The van der Waals surface area contributed by atoms with Crippen LogP contribution in [0.25, 0.3) is 0 Å². The van der Waals surface area contributed by atoms with Crippen LogP contribution in [0.15, 0.2) is 58.2 Å². The molecule has 0 fully saturated rings. The molecule has 0 aromatic carbocycles. The van der Waals surface area contributed by atoms with E-state index in [4.69, 9.17) is 5.11 Å². The number of hydrogen-bond acceptors (Lipinski definition) is 1. The number of aliphatic carboxylic acids is 1. The standard InChI is InChI=1S/C18H24O2/c1-13(7-5-8-14(2)12-18(19)20)11-17-10-6-9-15(3)16(17)4/h5,7-8,11-12H,6,9-10H2,1-4H3,(H,19,20)/b8-5+,13-7+,14-12-,17-11+. The molecule has 1 rings (SSSR count). The van der Waals surface area contributed by atoms with Gasteiger partial charge in [-0.2, -0.15) is 0 Å². The summed E-state index contributed by atoms with van der Waals surface area (Å²) in [5, 5.41) is 8.62. The Balaban J connectivity index is 2.78. The molecule has 0 amide bonds. The van der Waals surface area contributed by atoms with Gasteiger partial charge < -0.3 is 5.11 Å². The Labute approximate surface area is 121 Å². The molecule has 1 aliphatic rings. The van der Waals surface area contributed by atoms with Crippen LogP contribution in [0.5, 0.6) is 0 Å². The van der Waals surface area contributed by atoms with Crippen LogP contribution in [0.3, 0.4) is 0 Å². The molecule has 2 nitrogen and oxygen atoms in total. The van der Waals surface area contributed by atoms with E-state index in [2.05, 4.69) is 26.8 Å². The lowest BCUT2D eigenvalue weighted by Crippen LogP contribution is -1.98. The van der Waals surface area contributed by atoms with E-state index in [0.29, 0.717) is 0 Å². The van der Waals surface area contributed by atoms with E-state index >= 15 is 0 Å². The molecule has 2 heteroatoms. The van der Waals surface area contributed by atoms with Crippen molar-refractivity contribution in [2.45, 2.75) is 47.0 Å². The summed E-state index contributed by atoms with van der Waals surface area (Å²) in [7, 11) is 0. The molecule has 0 aliphatic heterocycles. The first-order valence-electron chi connectivity index (χ1n) is 7.03. The highest BCUT2D eigenvalue weighted by molar-refractivity contribution is 5.81. The van der Waals surface area contributed by atoms with Crippen LogP contribution in [0, 0.1) is 0 Å². The summed E-state index contributed by atoms with van der Waals surface area (Å²) in [6.45, 7) is 8.26. The van der Waals surface area contributed by atoms with Gasteiger partial charge in [0.15, 0.2) is 0 Å². The first-order valence-corrected chi connectivity index (χ1v) is 7.03. The Kier molecular flexibility index (Phi) is 6.23. The minimum absolute atomic E-state index is 0.735. The maximum Gasteiger partial charge on any atom is 0.328 e. The van der Waals surface area contributed by atoms with Gasteiger partial charge in [-0.1, -0.05) is 35.5 Å². The zero-order valence-electron chi connectivity index (χ0n) is 12.9. The number of carboxylic acid groups (broad SMARTS) is 1. The number of rotatable bonds is 4. The van der Waals surface area contributed by atoms with Gasteiger partial charge in [-0.05, 0) is 63.7 Å². The van der Waals surface area contributed by atoms with Crippen molar-refractivity contribution in [3.63, 3.8) is 0 Å². The molecule has 0 saturated carbocycles. The Morgan fingerprint density at radius 1 is 1.15 bits per heavy atom. The maximum absolute atomic E-state index is 10.5. The summed E-state index contributed by atoms with van der Waals surface area (Å²) in [4.78, 5) is 10.5. The predicted octanol–water partition coefficient (Wildman–Crippen LogP) is 4.97. The Morgan fingerprint density at radius 3 is 2.50 bits per heavy atom. The van der Waals surface area contributed by atoms with Crippen molar-refractivity contribution in [3.8, 4) is 0 Å². The van der Waals surface area contributed by atoms with E-state index in [1.165, 1.54) is 41.2 Å². The number of allylic oxidation sites excluding steroid dienone is 9. The smallest absolute Gasteiger partial charge is 0.328 e. The number of carbonyl (C=O) groups is 1. The summed E-state index contributed by atoms with van der Waals surface area (Å²) in [5.74, 6) is -0.909. The Morgan fingerprint density at radius 2 is 1.85 bits per heavy atom. The lowest BCUT2D eigenvalue weighted by atomic mass is 9.88. The van der Waals surface area contributed by atoms with Crippen LogP contribution in [0.4, 0.5) is 0 Å². The third-order valence-corrected chi connectivity index (χ3v) is 3.59. The van der Waals surface area contributed by atoms with Gasteiger partial charge >= 0.3 is 5.97 Å². The second kappa shape index (κ2) is 7.68. The van der Waals surface area contributed by atoms with E-state index in [1.807, 2.05) is 18.2 Å². The summed E-state index contributed by atoms with van der Waals surface area (Å²) >= 11 is 0. The molecular formula is C18H24O2. The fourth-order valence-corrected chi connectivity index (χ4v) is 2.29. The van der Waals surface area contributed by atoms with Crippen molar-refractivity contribution < 1.29 is 9.90 Å². The monoisotopic (exact) mass is 272 g/mol. The highest BCUT2D eigenvalue weighted by Crippen LogP contribution is 2.29. The van der Waals surface area contributed by atoms with Crippen LogP contribution in [-0.2, 0) is 4.79 Å². The van der Waals surface area contributed by atoms with E-state index < -0.39 is 5.97 Å². The van der Waals surface area contributed by atoms with Crippen LogP contribution in [0.2, 0.25) is 0 Å². The molecule has 0 heterocycles. The molecule has 1 N–H and O–H groups in total. The summed E-state index contributed by atoms with van der Waals surface area (Å²) in [6, 6.07) is 0. The molecule has 0 radical (unpaired) electrons. The van der Waals surface area contributed by atoms with Gasteiger partial charge in [0, 0.05) is 6.08 Å². The third kappa shape index (κ3) is 5.43. The average Bonchev–Trinajstić information content (AvgIpc) is 2.34. The summed E-state index contributed by atoms with van der Waals surface area (Å²) < 4.78 is 0. The van der Waals surface area contributed by atoms with Crippen LogP contribution in [-0.4, -0.2) is 11.1 Å². The summed E-state index contributed by atoms with van der Waals surface area (Å²) in [5.41, 5.74) is 6.27. The predicted molar refractivity (Wildman–Crippen MR) is 84.6 cm³/mol. The molecule has 0 spiro atoms. The molecule has 108 valence electrons. The van der Waals surface area contributed by atoms with E-state index in [1.54, 1.807) is 6.92 Å². The fraction of sp³-hybridized carbons (Fsp3) is 0.389. The van der Waals surface area contributed by atoms with Gasteiger partial charge in [-0.3, -0.25) is 0 Å². The zero-order valence-corrected chi connectivity index (χ0v) is 12.9. The highest BCUT2D eigenvalue weighted by atomic mass is 16.4. The molecule has 0 saturated heterocycles. The molecule has 20 heavy (non-hydrogen) atoms. The van der Waals surface area contributed by atoms with Gasteiger partial charge in [-0.25, -0.2) is 4.79 Å². The second-order valence-corrected chi connectivity index (χ2v) is 5.42. The SMILES string of the molecule is CC1=C(C)/C(=C/C(C)=C/C=C/C(C)=C\C(=O)O)CCC1. The van der Waals surface area contributed by atoms with Gasteiger partial charge in [-0.15, -0.1) is 0 Å². The van der Waals surface area contributed by atoms with Gasteiger partial charge in [0.05, 0.1) is 0 Å². The Hall–Kier alpha value is -1.83. The zero-order chi connectivity index (χ0) is 15.1. The van der Waals surface area contributed by atoms with E-state index in [-0.39, 0.29) is 0 Å². The van der Waals surface area contributed by atoms with Gasteiger partial charge in [0.1, 0.15) is 0 Å². The van der Waals surface area contributed by atoms with Gasteiger partial charge in [0.2, 0.25) is 0 Å². The molecular weight excluding hydrogens is 248 g/mol. The first kappa shape index (κ1) is 16.2. The summed E-state index contributed by atoms with van der Waals surface area (Å²) in [6.07, 6.45) is 12.8. The molecule has 0 aromatic rings. The molecule has 0 atom stereocenters. The average molecular weight is 272 g/mol. The third-order valence-electron chi connectivity index (χ3n) is 3.59. The lowest BCUT2D eigenvalue weighted by molar-refractivity contribution is -0.131. The van der Waals surface area contributed by atoms with Crippen LogP contribution >= 0.6 is 0 Å². The second-order valence-electron chi connectivity index (χ2n) is 5.42. The topological polar surface area (TPSA) is 37.3 Å². The Bertz CT molecular complexity index is 526. The van der Waals surface area contributed by atoms with Crippen LogP contribution < -0.4 is 0 Å². The van der Waals surface area contributed by atoms with Gasteiger partial charge in [0.25, 0.3) is 0 Å². The van der Waals surface area contributed by atoms with Crippen molar-refractivity contribution in [2.75, 3.05) is 0 Å². The quantitative estimate of drug-likeness (QED) is 0.579. The number of hydrogen-bond donors (Lipinski definition) is 1. The largest absolute Gasteiger partial charge is 0.478 e. The van der Waals surface area contributed by atoms with Crippen LogP contribution in [0.1, 0.15) is 47.0 Å². The van der Waals surface area contributed by atoms with Crippen molar-refractivity contribution in [2.24, 2.45) is 0 Å². The van der Waals surface area contributed by atoms with Crippen molar-refractivity contribution in [1.29, 1.82) is 0 Å². The molecule has 0 unspecified atom stereocenters. The fourth-order valence-electron chi connectivity index (χ4n) is 2.29. The first-order chi connectivity index (χ1) is 9.40. The van der Waals surface area contributed by atoms with Crippen molar-refractivity contribution in [3.05, 3.63) is 58.2 Å². The highest BCUT2D eigenvalue weighted by Gasteiger charge is 2.09. The van der Waals surface area contributed by atoms with Crippen molar-refractivity contribution >= 4 is 5.97 Å². The van der Waals surface area contributed by atoms with E-state index in [9.17, 15) is 4.79 Å². The van der Waals surface area contributed by atoms with Crippen molar-refractivity contribution in [1.82, 2.24) is 0 Å². The molecule has 0 bridgehead atoms. The minimum atomic E-state index is -0.909. The lowest BCUT2D eigenvalue weighted by Gasteiger charge is -2.18. The molecule has 0 aromatic heterocycles. The normalized spacial score (nSPS) is 20.1. The minimum Gasteiger partial charge on any atom is -0.478 e. The van der Waals surface area contributed by atoms with E-state index in [0.717, 1.165) is 12.0 Å². The molecule has 1 aliphatic carbocycles. The maximum atomic E-state index is 10.5. The number of carboxylic acids is 1.